The first-order chi connectivity index (χ1) is 11.7. The number of carbonyl (C=O) groups is 1. The summed E-state index contributed by atoms with van der Waals surface area (Å²) in [4.78, 5) is 12.9. The molecular formula is C18H31ClN4O2. The monoisotopic (exact) mass is 370 g/mol. The van der Waals surface area contributed by atoms with Gasteiger partial charge in [-0.1, -0.05) is 19.8 Å². The summed E-state index contributed by atoms with van der Waals surface area (Å²) >= 11 is 0. The van der Waals surface area contributed by atoms with Crippen molar-refractivity contribution in [2.75, 3.05) is 26.2 Å². The van der Waals surface area contributed by atoms with Gasteiger partial charge in [-0.2, -0.15) is 5.10 Å². The van der Waals surface area contributed by atoms with Crippen LogP contribution >= 0.6 is 12.4 Å². The molecule has 142 valence electrons. The number of amides is 1. The molecule has 2 aliphatic rings. The van der Waals surface area contributed by atoms with Crippen LogP contribution in [0.4, 0.5) is 0 Å². The number of aromatic nitrogens is 2. The molecule has 1 aliphatic heterocycles. The molecule has 0 aromatic carbocycles. The third-order valence-corrected chi connectivity index (χ3v) is 5.55. The van der Waals surface area contributed by atoms with Crippen LogP contribution in [0.25, 0.3) is 0 Å². The maximum atomic E-state index is 12.9. The molecule has 1 amide bonds. The summed E-state index contributed by atoms with van der Waals surface area (Å²) in [6.07, 6.45) is 10.5. The van der Waals surface area contributed by atoms with Gasteiger partial charge in [0.15, 0.2) is 0 Å². The summed E-state index contributed by atoms with van der Waals surface area (Å²) in [7, 11) is 0. The summed E-state index contributed by atoms with van der Waals surface area (Å²) in [5.74, 6) is 0.697. The van der Waals surface area contributed by atoms with Crippen LogP contribution in [0.1, 0.15) is 45.4 Å². The lowest BCUT2D eigenvalue weighted by molar-refractivity contribution is -0.132. The summed E-state index contributed by atoms with van der Waals surface area (Å²) in [5.41, 5.74) is -0.563. The first kappa shape index (κ1) is 20.2. The van der Waals surface area contributed by atoms with Gasteiger partial charge in [0.1, 0.15) is 5.54 Å². The molecule has 0 bridgehead atoms. The highest BCUT2D eigenvalue weighted by Gasteiger charge is 2.41. The van der Waals surface area contributed by atoms with Crippen molar-refractivity contribution in [2.24, 2.45) is 5.92 Å². The van der Waals surface area contributed by atoms with E-state index >= 15 is 0 Å². The van der Waals surface area contributed by atoms with Gasteiger partial charge in [-0.25, -0.2) is 0 Å². The van der Waals surface area contributed by atoms with Gasteiger partial charge in [0.25, 0.3) is 0 Å². The van der Waals surface area contributed by atoms with Crippen molar-refractivity contribution < 1.29 is 9.53 Å². The van der Waals surface area contributed by atoms with E-state index in [4.69, 9.17) is 4.74 Å². The maximum Gasteiger partial charge on any atom is 0.248 e. The molecule has 25 heavy (non-hydrogen) atoms. The Morgan fingerprint density at radius 2 is 2.12 bits per heavy atom. The Morgan fingerprint density at radius 3 is 2.80 bits per heavy atom. The highest BCUT2D eigenvalue weighted by Crippen LogP contribution is 2.27. The zero-order valence-corrected chi connectivity index (χ0v) is 15.9. The zero-order valence-electron chi connectivity index (χ0n) is 15.1. The predicted molar refractivity (Wildman–Crippen MR) is 99.9 cm³/mol. The zero-order chi connectivity index (χ0) is 16.8. The molecule has 1 aromatic heterocycles. The number of hydrogen-bond acceptors (Lipinski definition) is 4. The van der Waals surface area contributed by atoms with Crippen LogP contribution in [0.15, 0.2) is 18.5 Å². The average molecular weight is 371 g/mol. The van der Waals surface area contributed by atoms with Crippen molar-refractivity contribution in [3.8, 4) is 0 Å². The second kappa shape index (κ2) is 9.55. The normalized spacial score (nSPS) is 25.8. The SMILES string of the molecule is CC1CCCCC1OCCNC(=O)C1(n2cccn2)CCNCC1.Cl. The lowest BCUT2D eigenvalue weighted by Crippen LogP contribution is -2.55. The number of rotatable bonds is 6. The van der Waals surface area contributed by atoms with E-state index in [-0.39, 0.29) is 18.3 Å². The molecule has 0 spiro atoms. The van der Waals surface area contributed by atoms with E-state index < -0.39 is 5.54 Å². The van der Waals surface area contributed by atoms with Crippen LogP contribution < -0.4 is 10.6 Å². The minimum absolute atomic E-state index is 0. The minimum Gasteiger partial charge on any atom is -0.376 e. The fourth-order valence-corrected chi connectivity index (χ4v) is 3.99. The molecule has 1 saturated heterocycles. The van der Waals surface area contributed by atoms with Crippen molar-refractivity contribution in [1.29, 1.82) is 0 Å². The number of halogens is 1. The predicted octanol–water partition coefficient (Wildman–Crippen LogP) is 2.10. The van der Waals surface area contributed by atoms with Gasteiger partial charge >= 0.3 is 0 Å². The third-order valence-electron chi connectivity index (χ3n) is 5.55. The van der Waals surface area contributed by atoms with Crippen LogP contribution in [0, 0.1) is 5.92 Å². The highest BCUT2D eigenvalue weighted by atomic mass is 35.5. The van der Waals surface area contributed by atoms with Gasteiger partial charge in [0, 0.05) is 18.9 Å². The number of nitrogens with zero attached hydrogens (tertiary/aromatic N) is 2. The van der Waals surface area contributed by atoms with Gasteiger partial charge in [0.05, 0.1) is 12.7 Å². The molecule has 2 atom stereocenters. The Labute approximate surface area is 156 Å². The van der Waals surface area contributed by atoms with Crippen molar-refractivity contribution in [2.45, 2.75) is 57.1 Å². The van der Waals surface area contributed by atoms with E-state index in [1.54, 1.807) is 6.20 Å². The fraction of sp³-hybridized carbons (Fsp3) is 0.778. The largest absolute Gasteiger partial charge is 0.376 e. The smallest absolute Gasteiger partial charge is 0.248 e. The molecule has 3 rings (SSSR count). The minimum atomic E-state index is -0.563. The standard InChI is InChI=1S/C18H30N4O2.ClH/c1-15-5-2-3-6-16(15)24-14-12-20-17(23)18(7-10-19-11-8-18)22-13-4-9-21-22;/h4,9,13,15-16,19H,2-3,5-8,10-12,14H2,1H3,(H,20,23);1H. The molecule has 1 aliphatic carbocycles. The van der Waals surface area contributed by atoms with Gasteiger partial charge in [-0.3, -0.25) is 9.48 Å². The van der Waals surface area contributed by atoms with Crippen molar-refractivity contribution in [1.82, 2.24) is 20.4 Å². The van der Waals surface area contributed by atoms with Gasteiger partial charge in [0.2, 0.25) is 5.91 Å². The van der Waals surface area contributed by atoms with Gasteiger partial charge in [-0.05, 0) is 50.8 Å². The molecule has 1 saturated carbocycles. The molecule has 2 fully saturated rings. The first-order valence-electron chi connectivity index (χ1n) is 9.33. The molecule has 6 nitrogen and oxygen atoms in total. The fourth-order valence-electron chi connectivity index (χ4n) is 3.99. The van der Waals surface area contributed by atoms with Crippen LogP contribution in [-0.2, 0) is 15.1 Å². The Morgan fingerprint density at radius 1 is 1.36 bits per heavy atom. The quantitative estimate of drug-likeness (QED) is 0.752. The van der Waals surface area contributed by atoms with E-state index in [0.29, 0.717) is 25.2 Å². The summed E-state index contributed by atoms with van der Waals surface area (Å²) in [5, 5.41) is 10.8. The van der Waals surface area contributed by atoms with E-state index in [9.17, 15) is 4.79 Å². The maximum absolute atomic E-state index is 12.9. The Bertz CT molecular complexity index is 517. The average Bonchev–Trinajstić information content (AvgIpc) is 3.15. The summed E-state index contributed by atoms with van der Waals surface area (Å²) < 4.78 is 7.83. The topological polar surface area (TPSA) is 68.2 Å². The number of carbonyl (C=O) groups excluding carboxylic acids is 1. The number of ether oxygens (including phenoxy) is 1. The molecule has 2 N–H and O–H groups in total. The van der Waals surface area contributed by atoms with Crippen molar-refractivity contribution >= 4 is 18.3 Å². The Hall–Kier alpha value is -1.11. The van der Waals surface area contributed by atoms with Gasteiger partial charge in [-0.15, -0.1) is 12.4 Å². The summed E-state index contributed by atoms with van der Waals surface area (Å²) in [6, 6.07) is 1.88. The van der Waals surface area contributed by atoms with Crippen molar-refractivity contribution in [3.63, 3.8) is 0 Å². The van der Waals surface area contributed by atoms with Gasteiger partial charge < -0.3 is 15.4 Å². The summed E-state index contributed by atoms with van der Waals surface area (Å²) in [6.45, 7) is 5.10. The lowest BCUT2D eigenvalue weighted by Gasteiger charge is -2.36. The Balaban J connectivity index is 0.00000225. The lowest BCUT2D eigenvalue weighted by atomic mass is 9.87. The number of nitrogens with one attached hydrogen (secondary N) is 2. The van der Waals surface area contributed by atoms with E-state index in [0.717, 1.165) is 32.4 Å². The second-order valence-corrected chi connectivity index (χ2v) is 7.16. The first-order valence-corrected chi connectivity index (χ1v) is 9.33. The van der Waals surface area contributed by atoms with Crippen LogP contribution in [0.3, 0.4) is 0 Å². The van der Waals surface area contributed by atoms with Crippen LogP contribution in [-0.4, -0.2) is 48.0 Å². The number of hydrogen-bond donors (Lipinski definition) is 2. The highest BCUT2D eigenvalue weighted by molar-refractivity contribution is 5.85. The Kier molecular flexibility index (Phi) is 7.72. The molecule has 7 heteroatoms. The van der Waals surface area contributed by atoms with Crippen molar-refractivity contribution in [3.05, 3.63) is 18.5 Å². The molecule has 0 radical (unpaired) electrons. The van der Waals surface area contributed by atoms with E-state index in [1.165, 1.54) is 19.3 Å². The molecular weight excluding hydrogens is 340 g/mol. The molecule has 1 aromatic rings. The number of piperidine rings is 1. The van der Waals surface area contributed by atoms with E-state index in [1.807, 2.05) is 16.9 Å². The molecule has 2 heterocycles. The van der Waals surface area contributed by atoms with Crippen LogP contribution in [0.5, 0.6) is 0 Å². The second-order valence-electron chi connectivity index (χ2n) is 7.16. The third kappa shape index (κ3) is 4.74. The molecule has 2 unspecified atom stereocenters. The van der Waals surface area contributed by atoms with Crippen LogP contribution in [0.2, 0.25) is 0 Å². The van der Waals surface area contributed by atoms with E-state index in [2.05, 4.69) is 22.7 Å².